The van der Waals surface area contributed by atoms with E-state index in [1.54, 1.807) is 0 Å². The number of terminal acetylenes is 1. The highest BCUT2D eigenvalue weighted by molar-refractivity contribution is 9.10. The summed E-state index contributed by atoms with van der Waals surface area (Å²) >= 11 is 3.43. The molecule has 0 aromatic heterocycles. The van der Waals surface area contributed by atoms with E-state index in [1.165, 1.54) is 5.56 Å². The lowest BCUT2D eigenvalue weighted by Gasteiger charge is -2.18. The molecule has 0 aliphatic rings. The van der Waals surface area contributed by atoms with Gasteiger partial charge in [0, 0.05) is 17.6 Å². The number of halogens is 1. The fourth-order valence-electron chi connectivity index (χ4n) is 1.46. The molecule has 0 spiro atoms. The van der Waals surface area contributed by atoms with Gasteiger partial charge >= 0.3 is 0 Å². The molecule has 0 saturated carbocycles. The van der Waals surface area contributed by atoms with Crippen molar-refractivity contribution in [2.75, 3.05) is 13.1 Å². The van der Waals surface area contributed by atoms with Crippen LogP contribution in [0.5, 0.6) is 0 Å². The van der Waals surface area contributed by atoms with E-state index < -0.39 is 0 Å². The van der Waals surface area contributed by atoms with Crippen LogP contribution >= 0.6 is 15.9 Å². The van der Waals surface area contributed by atoms with Crippen molar-refractivity contribution in [2.45, 2.75) is 13.0 Å². The Balaban J connectivity index is 2.56. The minimum Gasteiger partial charge on any atom is -0.288 e. The maximum atomic E-state index is 5.35. The highest BCUT2D eigenvalue weighted by atomic mass is 79.9. The Morgan fingerprint density at radius 3 is 2.62 bits per heavy atom. The topological polar surface area (TPSA) is 3.24 Å². The zero-order chi connectivity index (χ0) is 11.8. The van der Waals surface area contributed by atoms with Gasteiger partial charge in [-0.2, -0.15) is 0 Å². The summed E-state index contributed by atoms with van der Waals surface area (Å²) in [7, 11) is 0. The first kappa shape index (κ1) is 13.0. The van der Waals surface area contributed by atoms with Gasteiger partial charge in [-0.05, 0) is 24.1 Å². The van der Waals surface area contributed by atoms with E-state index >= 15 is 0 Å². The van der Waals surface area contributed by atoms with Crippen molar-refractivity contribution in [3.63, 3.8) is 0 Å². The molecule has 1 aromatic carbocycles. The first-order valence-electron chi connectivity index (χ1n) is 5.27. The lowest BCUT2D eigenvalue weighted by molar-refractivity contribution is 0.305. The van der Waals surface area contributed by atoms with Crippen molar-refractivity contribution in [2.24, 2.45) is 0 Å². The van der Waals surface area contributed by atoms with Crippen LogP contribution in [-0.4, -0.2) is 18.0 Å². The van der Waals surface area contributed by atoms with Crippen LogP contribution in [0.4, 0.5) is 0 Å². The number of benzene rings is 1. The SMILES string of the molecule is C#CCN(CCC=C)Cc1ccc(Br)cc1. The molecule has 0 bridgehead atoms. The van der Waals surface area contributed by atoms with E-state index in [0.717, 1.165) is 24.0 Å². The molecule has 0 fully saturated rings. The number of rotatable bonds is 6. The van der Waals surface area contributed by atoms with Crippen molar-refractivity contribution in [1.29, 1.82) is 0 Å². The van der Waals surface area contributed by atoms with Crippen LogP contribution in [0.3, 0.4) is 0 Å². The molecule has 0 aliphatic carbocycles. The Morgan fingerprint density at radius 2 is 2.06 bits per heavy atom. The zero-order valence-electron chi connectivity index (χ0n) is 9.32. The Morgan fingerprint density at radius 1 is 1.38 bits per heavy atom. The summed E-state index contributed by atoms with van der Waals surface area (Å²) in [5, 5.41) is 0. The van der Waals surface area contributed by atoms with Crippen molar-refractivity contribution in [1.82, 2.24) is 4.90 Å². The van der Waals surface area contributed by atoms with Gasteiger partial charge in [0.05, 0.1) is 6.54 Å². The molecule has 0 heterocycles. The second-order valence-corrected chi connectivity index (χ2v) is 4.53. The maximum Gasteiger partial charge on any atom is 0.0601 e. The number of hydrogen-bond acceptors (Lipinski definition) is 1. The predicted molar refractivity (Wildman–Crippen MR) is 73.1 cm³/mol. The molecule has 0 amide bonds. The smallest absolute Gasteiger partial charge is 0.0601 e. The zero-order valence-corrected chi connectivity index (χ0v) is 10.9. The van der Waals surface area contributed by atoms with Crippen molar-refractivity contribution < 1.29 is 0 Å². The van der Waals surface area contributed by atoms with Gasteiger partial charge in [0.15, 0.2) is 0 Å². The Bertz CT molecular complexity index is 361. The Hall–Kier alpha value is -1.04. The molecule has 0 atom stereocenters. The van der Waals surface area contributed by atoms with E-state index in [1.807, 2.05) is 6.08 Å². The van der Waals surface area contributed by atoms with Crippen LogP contribution in [0.15, 0.2) is 41.4 Å². The van der Waals surface area contributed by atoms with E-state index in [-0.39, 0.29) is 0 Å². The molecule has 0 saturated heterocycles. The third-order valence-corrected chi connectivity index (χ3v) is 2.81. The first-order valence-corrected chi connectivity index (χ1v) is 6.06. The summed E-state index contributed by atoms with van der Waals surface area (Å²) in [6.07, 6.45) is 8.25. The molecular weight excluding hydrogens is 262 g/mol. The van der Waals surface area contributed by atoms with Crippen LogP contribution in [0, 0.1) is 12.3 Å². The van der Waals surface area contributed by atoms with Crippen LogP contribution in [0.25, 0.3) is 0 Å². The van der Waals surface area contributed by atoms with E-state index in [4.69, 9.17) is 6.42 Å². The number of nitrogens with zero attached hydrogens (tertiary/aromatic N) is 1. The fourth-order valence-corrected chi connectivity index (χ4v) is 1.73. The fraction of sp³-hybridized carbons (Fsp3) is 0.286. The molecule has 16 heavy (non-hydrogen) atoms. The minimum absolute atomic E-state index is 0.684. The maximum absolute atomic E-state index is 5.35. The van der Waals surface area contributed by atoms with Crippen LogP contribution in [0.2, 0.25) is 0 Å². The standard InChI is InChI=1S/C14H16BrN/c1-3-5-11-16(10-4-2)12-13-6-8-14(15)9-7-13/h2-3,6-9H,1,5,10-12H2. The third-order valence-electron chi connectivity index (χ3n) is 2.28. The monoisotopic (exact) mass is 277 g/mol. The summed E-state index contributed by atoms with van der Waals surface area (Å²) in [4.78, 5) is 2.24. The highest BCUT2D eigenvalue weighted by Crippen LogP contribution is 2.12. The second-order valence-electron chi connectivity index (χ2n) is 3.62. The lowest BCUT2D eigenvalue weighted by Crippen LogP contribution is -2.24. The highest BCUT2D eigenvalue weighted by Gasteiger charge is 2.03. The summed E-state index contributed by atoms with van der Waals surface area (Å²) in [6, 6.07) is 8.33. The quantitative estimate of drug-likeness (QED) is 0.569. The van der Waals surface area contributed by atoms with Crippen LogP contribution in [-0.2, 0) is 6.54 Å². The molecule has 0 radical (unpaired) electrons. The lowest BCUT2D eigenvalue weighted by atomic mass is 10.2. The normalized spacial score (nSPS) is 10.1. The summed E-state index contributed by atoms with van der Waals surface area (Å²) in [5.74, 6) is 2.69. The van der Waals surface area contributed by atoms with E-state index in [0.29, 0.717) is 6.54 Å². The molecule has 0 unspecified atom stereocenters. The molecule has 1 nitrogen and oxygen atoms in total. The third kappa shape index (κ3) is 4.65. The average Bonchev–Trinajstić information content (AvgIpc) is 2.29. The first-order chi connectivity index (χ1) is 7.76. The molecular formula is C14H16BrN. The molecule has 1 rings (SSSR count). The van der Waals surface area contributed by atoms with E-state index in [2.05, 4.69) is 57.6 Å². The van der Waals surface area contributed by atoms with Gasteiger partial charge in [0.25, 0.3) is 0 Å². The molecule has 0 N–H and O–H groups in total. The predicted octanol–water partition coefficient (Wildman–Crippen LogP) is 3.46. The minimum atomic E-state index is 0.684. The van der Waals surface area contributed by atoms with Crippen LogP contribution < -0.4 is 0 Å². The molecule has 1 aromatic rings. The van der Waals surface area contributed by atoms with E-state index in [9.17, 15) is 0 Å². The summed E-state index contributed by atoms with van der Waals surface area (Å²) < 4.78 is 1.10. The van der Waals surface area contributed by atoms with Crippen molar-refractivity contribution in [3.8, 4) is 12.3 Å². The largest absolute Gasteiger partial charge is 0.288 e. The Labute approximate surface area is 106 Å². The number of hydrogen-bond donors (Lipinski definition) is 0. The molecule has 2 heteroatoms. The molecule has 84 valence electrons. The van der Waals surface area contributed by atoms with Gasteiger partial charge < -0.3 is 0 Å². The summed E-state index contributed by atoms with van der Waals surface area (Å²) in [6.45, 7) is 6.27. The van der Waals surface area contributed by atoms with Gasteiger partial charge in [0.2, 0.25) is 0 Å². The summed E-state index contributed by atoms with van der Waals surface area (Å²) in [5.41, 5.74) is 1.28. The van der Waals surface area contributed by atoms with Crippen molar-refractivity contribution >= 4 is 15.9 Å². The van der Waals surface area contributed by atoms with Crippen LogP contribution in [0.1, 0.15) is 12.0 Å². The van der Waals surface area contributed by atoms with Gasteiger partial charge in [-0.1, -0.05) is 40.1 Å². The van der Waals surface area contributed by atoms with Gasteiger partial charge in [-0.25, -0.2) is 0 Å². The second kappa shape index (κ2) is 7.27. The van der Waals surface area contributed by atoms with Gasteiger partial charge in [-0.3, -0.25) is 4.90 Å². The average molecular weight is 278 g/mol. The van der Waals surface area contributed by atoms with Gasteiger partial charge in [0.1, 0.15) is 0 Å². The Kier molecular flexibility index (Phi) is 5.92. The molecule has 0 aliphatic heterocycles. The van der Waals surface area contributed by atoms with Gasteiger partial charge in [-0.15, -0.1) is 13.0 Å². The van der Waals surface area contributed by atoms with Crippen molar-refractivity contribution in [3.05, 3.63) is 47.0 Å².